The molecule has 0 aliphatic rings. The van der Waals surface area contributed by atoms with Gasteiger partial charge in [-0.25, -0.2) is 15.0 Å². The molecular weight excluding hydrogens is 611 g/mol. The summed E-state index contributed by atoms with van der Waals surface area (Å²) in [7, 11) is 0. The fraction of sp³-hybridized carbons (Fsp3) is 0. The summed E-state index contributed by atoms with van der Waals surface area (Å²) in [5.41, 5.74) is 10.1. The van der Waals surface area contributed by atoms with Crippen LogP contribution in [0.2, 0.25) is 0 Å². The highest BCUT2D eigenvalue weighted by molar-refractivity contribution is 6.08. The fourth-order valence-corrected chi connectivity index (χ4v) is 6.30. The molecule has 0 saturated heterocycles. The second kappa shape index (κ2) is 13.8. The van der Waals surface area contributed by atoms with Crippen LogP contribution < -0.4 is 0 Å². The highest BCUT2D eigenvalue weighted by atomic mass is 16.1. The number of nitrogens with zero attached hydrogens (tertiary/aromatic N) is 3. The van der Waals surface area contributed by atoms with Crippen molar-refractivity contribution in [2.24, 2.45) is 0 Å². The van der Waals surface area contributed by atoms with Gasteiger partial charge in [0.05, 0.1) is 0 Å². The molecule has 4 heteroatoms. The molecule has 0 saturated carbocycles. The van der Waals surface area contributed by atoms with Crippen LogP contribution in [0.15, 0.2) is 188 Å². The average Bonchev–Trinajstić information content (AvgIpc) is 3.21. The first kappa shape index (κ1) is 30.5. The van der Waals surface area contributed by atoms with Crippen LogP contribution in [0.5, 0.6) is 0 Å². The van der Waals surface area contributed by atoms with E-state index in [0.29, 0.717) is 17.2 Å². The van der Waals surface area contributed by atoms with E-state index in [-0.39, 0.29) is 11.6 Å². The third kappa shape index (κ3) is 6.26. The zero-order chi connectivity index (χ0) is 33.7. The Morgan fingerprint density at radius 2 is 0.660 bits per heavy atom. The summed E-state index contributed by atoms with van der Waals surface area (Å²) in [6, 6.07) is 62.6. The highest BCUT2D eigenvalue weighted by Gasteiger charge is 2.22. The molecule has 0 bridgehead atoms. The lowest BCUT2D eigenvalue weighted by molar-refractivity contribution is 0.102. The Morgan fingerprint density at radius 1 is 0.320 bits per heavy atom. The van der Waals surface area contributed by atoms with Crippen molar-refractivity contribution in [3.8, 4) is 67.3 Å². The number of carbonyl (C=O) groups is 1. The van der Waals surface area contributed by atoms with Crippen LogP contribution in [0.1, 0.15) is 16.2 Å². The summed E-state index contributed by atoms with van der Waals surface area (Å²) >= 11 is 0. The molecule has 1 aromatic heterocycles. The second-order valence-corrected chi connectivity index (χ2v) is 12.0. The maximum atomic E-state index is 14.7. The minimum absolute atomic E-state index is 0.0833. The topological polar surface area (TPSA) is 55.7 Å². The Bertz CT molecular complexity index is 2270. The predicted molar refractivity (Wildman–Crippen MR) is 202 cm³/mol. The minimum Gasteiger partial charge on any atom is -0.285 e. The van der Waals surface area contributed by atoms with Crippen LogP contribution >= 0.6 is 0 Å². The van der Waals surface area contributed by atoms with Crippen LogP contribution in [0.4, 0.5) is 0 Å². The van der Waals surface area contributed by atoms with Gasteiger partial charge in [-0.1, -0.05) is 170 Å². The van der Waals surface area contributed by atoms with Gasteiger partial charge in [0.2, 0.25) is 11.6 Å². The summed E-state index contributed by atoms with van der Waals surface area (Å²) in [5.74, 6) is 0.672. The SMILES string of the molecule is O=C(c1cc(-c2ccccc2)cc(-c2ccccc2)c1)c1nc(-c2ccccc2-c2ccccc2)nc(-c2ccccc2-c2ccccc2)n1. The van der Waals surface area contributed by atoms with Crippen molar-refractivity contribution in [1.29, 1.82) is 0 Å². The van der Waals surface area contributed by atoms with Crippen LogP contribution in [0, 0.1) is 0 Å². The average molecular weight is 642 g/mol. The van der Waals surface area contributed by atoms with E-state index in [2.05, 4.69) is 66.7 Å². The number of rotatable bonds is 8. The Morgan fingerprint density at radius 3 is 1.06 bits per heavy atom. The van der Waals surface area contributed by atoms with Gasteiger partial charge in [0.1, 0.15) is 0 Å². The van der Waals surface area contributed by atoms with Crippen molar-refractivity contribution in [1.82, 2.24) is 15.0 Å². The van der Waals surface area contributed by atoms with Crippen molar-refractivity contribution in [3.05, 3.63) is 199 Å². The van der Waals surface area contributed by atoms with Crippen molar-refractivity contribution in [3.63, 3.8) is 0 Å². The van der Waals surface area contributed by atoms with E-state index in [9.17, 15) is 4.79 Å². The van der Waals surface area contributed by atoms with Crippen LogP contribution in [-0.2, 0) is 0 Å². The van der Waals surface area contributed by atoms with Crippen molar-refractivity contribution < 1.29 is 4.79 Å². The smallest absolute Gasteiger partial charge is 0.230 e. The molecule has 236 valence electrons. The summed E-state index contributed by atoms with van der Waals surface area (Å²) in [6.45, 7) is 0. The van der Waals surface area contributed by atoms with E-state index in [1.165, 1.54) is 0 Å². The fourth-order valence-electron chi connectivity index (χ4n) is 6.30. The van der Waals surface area contributed by atoms with Gasteiger partial charge in [0, 0.05) is 16.7 Å². The summed E-state index contributed by atoms with van der Waals surface area (Å²) < 4.78 is 0. The molecule has 50 heavy (non-hydrogen) atoms. The van der Waals surface area contributed by atoms with Crippen LogP contribution in [-0.4, -0.2) is 20.7 Å². The van der Waals surface area contributed by atoms with Crippen molar-refractivity contribution in [2.45, 2.75) is 0 Å². The van der Waals surface area contributed by atoms with Crippen molar-refractivity contribution >= 4 is 5.78 Å². The molecule has 1 heterocycles. The molecule has 0 spiro atoms. The summed E-state index contributed by atoms with van der Waals surface area (Å²) in [5, 5.41) is 0. The zero-order valence-electron chi connectivity index (χ0n) is 27.1. The zero-order valence-corrected chi connectivity index (χ0v) is 27.1. The third-order valence-corrected chi connectivity index (χ3v) is 8.75. The number of ketones is 1. The first-order chi connectivity index (χ1) is 24.7. The van der Waals surface area contributed by atoms with Gasteiger partial charge in [-0.05, 0) is 62.7 Å². The Kier molecular flexibility index (Phi) is 8.40. The van der Waals surface area contributed by atoms with E-state index in [1.54, 1.807) is 0 Å². The molecule has 0 fully saturated rings. The van der Waals surface area contributed by atoms with Gasteiger partial charge in [-0.15, -0.1) is 0 Å². The molecule has 4 nitrogen and oxygen atoms in total. The maximum Gasteiger partial charge on any atom is 0.230 e. The van der Waals surface area contributed by atoms with Gasteiger partial charge in [0.25, 0.3) is 0 Å². The Labute approximate surface area is 291 Å². The Hall–Kier alpha value is -6.78. The van der Waals surface area contributed by atoms with Gasteiger partial charge in [0.15, 0.2) is 11.6 Å². The van der Waals surface area contributed by atoms with Crippen LogP contribution in [0.3, 0.4) is 0 Å². The van der Waals surface area contributed by atoms with Gasteiger partial charge in [-0.2, -0.15) is 0 Å². The first-order valence-corrected chi connectivity index (χ1v) is 16.6. The van der Waals surface area contributed by atoms with Gasteiger partial charge < -0.3 is 0 Å². The lowest BCUT2D eigenvalue weighted by Crippen LogP contribution is -2.11. The van der Waals surface area contributed by atoms with Crippen LogP contribution in [0.25, 0.3) is 67.3 Å². The summed E-state index contributed by atoms with van der Waals surface area (Å²) in [4.78, 5) is 29.7. The molecule has 0 N–H and O–H groups in total. The first-order valence-electron chi connectivity index (χ1n) is 16.6. The maximum absolute atomic E-state index is 14.7. The molecule has 0 radical (unpaired) electrons. The van der Waals surface area contributed by atoms with Crippen molar-refractivity contribution in [2.75, 3.05) is 0 Å². The van der Waals surface area contributed by atoms with E-state index in [4.69, 9.17) is 15.0 Å². The molecule has 8 rings (SSSR count). The molecule has 0 unspecified atom stereocenters. The van der Waals surface area contributed by atoms with Gasteiger partial charge in [-0.3, -0.25) is 4.79 Å². The number of carbonyl (C=O) groups excluding carboxylic acids is 1. The molecule has 0 atom stereocenters. The number of aromatic nitrogens is 3. The number of benzene rings is 7. The standard InChI is InChI=1S/C46H31N3O/c50-43(38-30-36(32-17-5-1-6-18-32)29-37(31-38)33-19-7-2-8-20-33)46-48-44(41-27-15-13-25-39(41)34-21-9-3-10-22-34)47-45(49-46)42-28-16-14-26-40(42)35-23-11-4-12-24-35/h1-31H. The molecule has 8 aromatic rings. The predicted octanol–water partition coefficient (Wildman–Crippen LogP) is 11.1. The molecular formula is C46H31N3O. The number of hydrogen-bond acceptors (Lipinski definition) is 4. The Balaban J connectivity index is 1.34. The molecule has 0 amide bonds. The third-order valence-electron chi connectivity index (χ3n) is 8.75. The largest absolute Gasteiger partial charge is 0.285 e. The van der Waals surface area contributed by atoms with E-state index < -0.39 is 0 Å². The lowest BCUT2D eigenvalue weighted by Gasteiger charge is -2.14. The normalized spacial score (nSPS) is 10.9. The summed E-state index contributed by atoms with van der Waals surface area (Å²) in [6.07, 6.45) is 0. The highest BCUT2D eigenvalue weighted by Crippen LogP contribution is 2.35. The van der Waals surface area contributed by atoms with E-state index in [0.717, 1.165) is 55.6 Å². The minimum atomic E-state index is -0.278. The van der Waals surface area contributed by atoms with E-state index in [1.807, 2.05) is 121 Å². The number of hydrogen-bond donors (Lipinski definition) is 0. The quantitative estimate of drug-likeness (QED) is 0.155. The second-order valence-electron chi connectivity index (χ2n) is 12.0. The lowest BCUT2D eigenvalue weighted by atomic mass is 9.94. The van der Waals surface area contributed by atoms with E-state index >= 15 is 0 Å². The molecule has 0 aliphatic heterocycles. The monoisotopic (exact) mass is 641 g/mol. The molecule has 7 aromatic carbocycles. The van der Waals surface area contributed by atoms with Gasteiger partial charge >= 0.3 is 0 Å². The molecule has 0 aliphatic carbocycles.